The molecule has 4 heteroatoms. The highest BCUT2D eigenvalue weighted by atomic mass is 16.5. The van der Waals surface area contributed by atoms with Gasteiger partial charge < -0.3 is 4.52 Å². The summed E-state index contributed by atoms with van der Waals surface area (Å²) < 4.78 is 5.19. The summed E-state index contributed by atoms with van der Waals surface area (Å²) in [4.78, 5) is 15.6. The Morgan fingerprint density at radius 3 is 2.88 bits per heavy atom. The van der Waals surface area contributed by atoms with Crippen LogP contribution in [0.15, 0.2) is 4.52 Å². The average Bonchev–Trinajstić information content (AvgIpc) is 2.96. The minimum absolute atomic E-state index is 0.0676. The van der Waals surface area contributed by atoms with Gasteiger partial charge in [-0.25, -0.2) is 0 Å². The molecule has 1 aromatic heterocycles. The number of hydrogen-bond acceptors (Lipinski definition) is 4. The number of ketones is 1. The van der Waals surface area contributed by atoms with Crippen molar-refractivity contribution < 1.29 is 9.32 Å². The summed E-state index contributed by atoms with van der Waals surface area (Å²) in [5.41, 5.74) is 0. The summed E-state index contributed by atoms with van der Waals surface area (Å²) in [6.07, 6.45) is 4.79. The molecule has 94 valence electrons. The van der Waals surface area contributed by atoms with E-state index in [0.29, 0.717) is 11.8 Å². The van der Waals surface area contributed by atoms with Gasteiger partial charge >= 0.3 is 0 Å². The smallest absolute Gasteiger partial charge is 0.236 e. The van der Waals surface area contributed by atoms with Crippen LogP contribution in [-0.2, 0) is 4.79 Å². The van der Waals surface area contributed by atoms with Gasteiger partial charge in [-0.15, -0.1) is 0 Å². The third-order valence-corrected chi connectivity index (χ3v) is 3.92. The monoisotopic (exact) mass is 236 g/mol. The Balaban J connectivity index is 2.06. The third-order valence-electron chi connectivity index (χ3n) is 3.92. The quantitative estimate of drug-likeness (QED) is 0.806. The molecule has 1 saturated carbocycles. The first-order chi connectivity index (χ1) is 8.11. The summed E-state index contributed by atoms with van der Waals surface area (Å²) in [5.74, 6) is 2.28. The lowest BCUT2D eigenvalue weighted by Crippen LogP contribution is -2.05. The maximum absolute atomic E-state index is 11.2. The maximum atomic E-state index is 11.2. The molecule has 0 spiro atoms. The molecule has 17 heavy (non-hydrogen) atoms. The predicted octanol–water partition coefficient (Wildman–Crippen LogP) is 3.06. The molecule has 3 atom stereocenters. The van der Waals surface area contributed by atoms with Crippen molar-refractivity contribution in [3.8, 4) is 0 Å². The van der Waals surface area contributed by atoms with E-state index in [1.807, 2.05) is 6.92 Å². The average molecular weight is 236 g/mol. The minimum Gasteiger partial charge on any atom is -0.339 e. The molecule has 0 amide bonds. The van der Waals surface area contributed by atoms with E-state index in [0.717, 1.165) is 24.6 Å². The standard InChI is InChI=1S/C13H20N2O2/c1-4-10-5-6-11(7-10)12-14-13(17-15-12)8(2)9(3)16/h8,10-11H,4-7H2,1-3H3. The van der Waals surface area contributed by atoms with E-state index in [-0.39, 0.29) is 11.7 Å². The van der Waals surface area contributed by atoms with Crippen LogP contribution in [0.3, 0.4) is 0 Å². The second-order valence-electron chi connectivity index (χ2n) is 5.11. The molecule has 3 unspecified atom stereocenters. The third kappa shape index (κ3) is 2.56. The highest BCUT2D eigenvalue weighted by Gasteiger charge is 2.29. The van der Waals surface area contributed by atoms with Gasteiger partial charge in [0.1, 0.15) is 5.78 Å². The molecule has 1 aliphatic carbocycles. The Morgan fingerprint density at radius 2 is 2.29 bits per heavy atom. The molecular weight excluding hydrogens is 216 g/mol. The lowest BCUT2D eigenvalue weighted by atomic mass is 10.0. The van der Waals surface area contributed by atoms with E-state index in [1.54, 1.807) is 6.92 Å². The normalized spacial score (nSPS) is 26.1. The summed E-state index contributed by atoms with van der Waals surface area (Å²) in [7, 11) is 0. The van der Waals surface area contributed by atoms with Crippen LogP contribution >= 0.6 is 0 Å². The molecule has 2 rings (SSSR count). The molecule has 0 radical (unpaired) electrons. The lowest BCUT2D eigenvalue weighted by Gasteiger charge is -2.04. The van der Waals surface area contributed by atoms with Crippen LogP contribution in [0.4, 0.5) is 0 Å². The highest BCUT2D eigenvalue weighted by Crippen LogP contribution is 2.38. The topological polar surface area (TPSA) is 56.0 Å². The van der Waals surface area contributed by atoms with Crippen LogP contribution in [0.25, 0.3) is 0 Å². The Bertz CT molecular complexity index is 400. The largest absolute Gasteiger partial charge is 0.339 e. The van der Waals surface area contributed by atoms with E-state index in [1.165, 1.54) is 12.8 Å². The van der Waals surface area contributed by atoms with Gasteiger partial charge in [0, 0.05) is 5.92 Å². The Kier molecular flexibility index (Phi) is 3.60. The Labute approximate surface area is 102 Å². The van der Waals surface area contributed by atoms with Crippen LogP contribution in [0, 0.1) is 5.92 Å². The van der Waals surface area contributed by atoms with Crippen molar-refractivity contribution in [2.24, 2.45) is 5.92 Å². The SMILES string of the molecule is CCC1CCC(c2noc(C(C)C(C)=O)n2)C1. The Hall–Kier alpha value is -1.19. The molecule has 1 heterocycles. The van der Waals surface area contributed by atoms with Gasteiger partial charge in [0.05, 0.1) is 5.92 Å². The molecule has 1 aliphatic rings. The zero-order chi connectivity index (χ0) is 12.4. The molecule has 0 N–H and O–H groups in total. The first-order valence-electron chi connectivity index (χ1n) is 6.45. The molecule has 4 nitrogen and oxygen atoms in total. The molecule has 1 fully saturated rings. The fourth-order valence-electron chi connectivity index (χ4n) is 2.44. The molecule has 0 bridgehead atoms. The van der Waals surface area contributed by atoms with Crippen LogP contribution < -0.4 is 0 Å². The van der Waals surface area contributed by atoms with Gasteiger partial charge in [0.15, 0.2) is 5.82 Å². The van der Waals surface area contributed by atoms with Crippen molar-refractivity contribution in [3.63, 3.8) is 0 Å². The van der Waals surface area contributed by atoms with Crippen LogP contribution in [-0.4, -0.2) is 15.9 Å². The van der Waals surface area contributed by atoms with Crippen molar-refractivity contribution in [1.82, 2.24) is 10.1 Å². The fourth-order valence-corrected chi connectivity index (χ4v) is 2.44. The second-order valence-corrected chi connectivity index (χ2v) is 5.11. The zero-order valence-corrected chi connectivity index (χ0v) is 10.8. The number of carbonyl (C=O) groups is 1. The number of carbonyl (C=O) groups excluding carboxylic acids is 1. The lowest BCUT2D eigenvalue weighted by molar-refractivity contribution is -0.118. The number of rotatable bonds is 4. The van der Waals surface area contributed by atoms with Crippen LogP contribution in [0.5, 0.6) is 0 Å². The van der Waals surface area contributed by atoms with E-state index in [4.69, 9.17) is 4.52 Å². The number of Topliss-reactive ketones (excluding diaryl/α,β-unsaturated/α-hetero) is 1. The van der Waals surface area contributed by atoms with E-state index in [2.05, 4.69) is 17.1 Å². The number of nitrogens with zero attached hydrogens (tertiary/aromatic N) is 2. The van der Waals surface area contributed by atoms with Crippen LogP contribution in [0.2, 0.25) is 0 Å². The first kappa shape index (κ1) is 12.3. The predicted molar refractivity (Wildman–Crippen MR) is 63.8 cm³/mol. The van der Waals surface area contributed by atoms with Gasteiger partial charge in [-0.1, -0.05) is 18.5 Å². The van der Waals surface area contributed by atoms with Crippen molar-refractivity contribution in [2.45, 2.75) is 58.3 Å². The molecular formula is C13H20N2O2. The highest BCUT2D eigenvalue weighted by molar-refractivity contribution is 5.81. The number of hydrogen-bond donors (Lipinski definition) is 0. The minimum atomic E-state index is -0.278. The fraction of sp³-hybridized carbons (Fsp3) is 0.769. The first-order valence-corrected chi connectivity index (χ1v) is 6.45. The zero-order valence-electron chi connectivity index (χ0n) is 10.8. The van der Waals surface area contributed by atoms with E-state index < -0.39 is 0 Å². The number of aromatic nitrogens is 2. The van der Waals surface area contributed by atoms with Crippen LogP contribution in [0.1, 0.15) is 70.0 Å². The van der Waals surface area contributed by atoms with Gasteiger partial charge in [0.25, 0.3) is 0 Å². The van der Waals surface area contributed by atoms with Crippen molar-refractivity contribution in [2.75, 3.05) is 0 Å². The van der Waals surface area contributed by atoms with E-state index >= 15 is 0 Å². The summed E-state index contributed by atoms with van der Waals surface area (Å²) in [6.45, 7) is 5.59. The second kappa shape index (κ2) is 4.98. The summed E-state index contributed by atoms with van der Waals surface area (Å²) in [5, 5.41) is 4.03. The Morgan fingerprint density at radius 1 is 1.53 bits per heavy atom. The van der Waals surface area contributed by atoms with Crippen molar-refractivity contribution in [1.29, 1.82) is 0 Å². The van der Waals surface area contributed by atoms with Gasteiger partial charge in [0.2, 0.25) is 5.89 Å². The van der Waals surface area contributed by atoms with Crippen molar-refractivity contribution >= 4 is 5.78 Å². The maximum Gasteiger partial charge on any atom is 0.236 e. The summed E-state index contributed by atoms with van der Waals surface area (Å²) >= 11 is 0. The van der Waals surface area contributed by atoms with Crippen molar-refractivity contribution in [3.05, 3.63) is 11.7 Å². The van der Waals surface area contributed by atoms with Gasteiger partial charge in [-0.05, 0) is 39.0 Å². The molecule has 0 saturated heterocycles. The molecule has 0 aliphatic heterocycles. The summed E-state index contributed by atoms with van der Waals surface area (Å²) in [6, 6.07) is 0. The van der Waals surface area contributed by atoms with Gasteiger partial charge in [-0.2, -0.15) is 4.98 Å². The molecule has 1 aromatic rings. The van der Waals surface area contributed by atoms with Gasteiger partial charge in [-0.3, -0.25) is 4.79 Å². The van der Waals surface area contributed by atoms with E-state index in [9.17, 15) is 4.79 Å². The molecule has 0 aromatic carbocycles.